The lowest BCUT2D eigenvalue weighted by molar-refractivity contribution is -0.308. The lowest BCUT2D eigenvalue weighted by Crippen LogP contribution is -2.73. The van der Waals surface area contributed by atoms with Crippen LogP contribution in [0.15, 0.2) is 0 Å². The van der Waals surface area contributed by atoms with E-state index in [-0.39, 0.29) is 11.0 Å². The normalized spacial score (nSPS) is 31.9. The second kappa shape index (κ2) is 4.98. The maximum absolute atomic E-state index is 11.0. The van der Waals surface area contributed by atoms with E-state index in [0.717, 1.165) is 19.3 Å². The Balaban J connectivity index is 0.000000212. The summed E-state index contributed by atoms with van der Waals surface area (Å²) in [6, 6.07) is 0. The molecule has 0 aliphatic heterocycles. The highest BCUT2D eigenvalue weighted by atomic mass is 32.2. The fourth-order valence-electron chi connectivity index (χ4n) is 2.98. The molecule has 4 nitrogen and oxygen atoms in total. The van der Waals surface area contributed by atoms with E-state index in [1.165, 1.54) is 6.26 Å². The summed E-state index contributed by atoms with van der Waals surface area (Å²) in [6.07, 6.45) is -11.4. The van der Waals surface area contributed by atoms with E-state index >= 15 is 0 Å². The highest BCUT2D eigenvalue weighted by molar-refractivity contribution is 7.90. The molecule has 3 N–H and O–H groups in total. The van der Waals surface area contributed by atoms with Gasteiger partial charge in [0.1, 0.15) is 9.84 Å². The third kappa shape index (κ3) is 4.71. The number of alkyl halides is 6. The van der Waals surface area contributed by atoms with Crippen molar-refractivity contribution in [1.29, 1.82) is 0 Å². The second-order valence-electron chi connectivity index (χ2n) is 5.95. The van der Waals surface area contributed by atoms with Crippen LogP contribution in [0.2, 0.25) is 0 Å². The number of aliphatic hydroxyl groups excluding tert-OH is 1. The first-order valence-corrected chi connectivity index (χ1v) is 7.82. The number of aliphatic hydroxyl groups is 1. The molecule has 0 heterocycles. The van der Waals surface area contributed by atoms with E-state index in [9.17, 15) is 34.8 Å². The minimum Gasteiger partial charge on any atom is -0.377 e. The van der Waals surface area contributed by atoms with Gasteiger partial charge in [0, 0.05) is 11.8 Å². The molecule has 0 aromatic heterocycles. The molecule has 0 atom stereocenters. The molecular formula is C10H15F6NO3S. The zero-order valence-corrected chi connectivity index (χ0v) is 11.7. The third-order valence-electron chi connectivity index (χ3n) is 3.37. The van der Waals surface area contributed by atoms with E-state index < -0.39 is 28.3 Å². The number of halogens is 6. The molecule has 3 aliphatic rings. The standard InChI is InChI=1S/C7H13NO2S.C3H2F6O/c1-11(9,10)5-6-2-7(8,3-6)4-6;4-2(5,6)1(10)3(7,8)9/h2-5,8H2,1H3;1,10H. The van der Waals surface area contributed by atoms with Gasteiger partial charge < -0.3 is 10.8 Å². The first-order valence-electron chi connectivity index (χ1n) is 5.76. The van der Waals surface area contributed by atoms with Gasteiger partial charge in [-0.15, -0.1) is 0 Å². The van der Waals surface area contributed by atoms with Crippen LogP contribution in [0.1, 0.15) is 19.3 Å². The SMILES string of the molecule is CS(=O)(=O)CC12CC(N)(C1)C2.OC(C(F)(F)F)C(F)(F)F. The monoisotopic (exact) mass is 343 g/mol. The number of rotatable bonds is 2. The Labute approximate surface area is 117 Å². The minimum absolute atomic E-state index is 0.0324. The first-order chi connectivity index (χ1) is 8.98. The molecule has 2 bridgehead atoms. The fourth-order valence-corrected chi connectivity index (χ4v) is 4.40. The summed E-state index contributed by atoms with van der Waals surface area (Å²) in [7, 11) is -2.79. The van der Waals surface area contributed by atoms with Crippen LogP contribution in [0.4, 0.5) is 26.3 Å². The van der Waals surface area contributed by atoms with Gasteiger partial charge >= 0.3 is 12.4 Å². The Morgan fingerprint density at radius 3 is 1.57 bits per heavy atom. The van der Waals surface area contributed by atoms with Crippen LogP contribution in [0.25, 0.3) is 0 Å². The van der Waals surface area contributed by atoms with Crippen LogP contribution in [0, 0.1) is 5.41 Å². The van der Waals surface area contributed by atoms with Crippen LogP contribution >= 0.6 is 0 Å². The summed E-state index contributed by atoms with van der Waals surface area (Å²) < 4.78 is 87.7. The Morgan fingerprint density at radius 1 is 1.10 bits per heavy atom. The van der Waals surface area contributed by atoms with E-state index in [2.05, 4.69) is 0 Å². The molecule has 126 valence electrons. The van der Waals surface area contributed by atoms with Crippen molar-refractivity contribution in [3.8, 4) is 0 Å². The second-order valence-corrected chi connectivity index (χ2v) is 8.09. The topological polar surface area (TPSA) is 80.4 Å². The average molecular weight is 343 g/mol. The summed E-state index contributed by atoms with van der Waals surface area (Å²) in [5.74, 6) is 0.346. The van der Waals surface area contributed by atoms with Gasteiger partial charge in [-0.3, -0.25) is 0 Å². The highest BCUT2D eigenvalue weighted by Gasteiger charge is 2.66. The molecule has 0 aromatic carbocycles. The molecule has 3 fully saturated rings. The van der Waals surface area contributed by atoms with Crippen molar-refractivity contribution in [2.75, 3.05) is 12.0 Å². The smallest absolute Gasteiger partial charge is 0.377 e. The van der Waals surface area contributed by atoms with Crippen LogP contribution in [-0.4, -0.2) is 49.5 Å². The minimum atomic E-state index is -5.63. The number of hydrogen-bond acceptors (Lipinski definition) is 4. The van der Waals surface area contributed by atoms with Gasteiger partial charge in [0.05, 0.1) is 5.75 Å². The van der Waals surface area contributed by atoms with E-state index in [1.54, 1.807) is 0 Å². The molecule has 0 radical (unpaired) electrons. The predicted molar refractivity (Wildman–Crippen MR) is 61.0 cm³/mol. The largest absolute Gasteiger partial charge is 0.423 e. The molecule has 0 aromatic rings. The molecule has 0 amide bonds. The first kappa shape index (κ1) is 18.5. The molecule has 3 saturated carbocycles. The van der Waals surface area contributed by atoms with Gasteiger partial charge in [0.25, 0.3) is 0 Å². The summed E-state index contributed by atoms with van der Waals surface area (Å²) in [4.78, 5) is 0. The zero-order valence-electron chi connectivity index (χ0n) is 10.9. The molecule has 11 heteroatoms. The van der Waals surface area contributed by atoms with E-state index in [4.69, 9.17) is 10.8 Å². The maximum atomic E-state index is 11.0. The van der Waals surface area contributed by atoms with E-state index in [0.29, 0.717) is 5.75 Å². The average Bonchev–Trinajstić information content (AvgIpc) is 2.08. The highest BCUT2D eigenvalue weighted by Crippen LogP contribution is 2.66. The van der Waals surface area contributed by atoms with Crippen molar-refractivity contribution in [3.63, 3.8) is 0 Å². The molecular weight excluding hydrogens is 328 g/mol. The van der Waals surface area contributed by atoms with Crippen LogP contribution < -0.4 is 5.73 Å². The Hall–Kier alpha value is -0.550. The number of nitrogens with two attached hydrogens (primary N) is 1. The van der Waals surface area contributed by atoms with Crippen molar-refractivity contribution < 1.29 is 39.9 Å². The van der Waals surface area contributed by atoms with Gasteiger partial charge in [0.2, 0.25) is 6.10 Å². The predicted octanol–water partition coefficient (Wildman–Crippen LogP) is 1.38. The van der Waals surface area contributed by atoms with Gasteiger partial charge in [-0.05, 0) is 24.7 Å². The van der Waals surface area contributed by atoms with Gasteiger partial charge in [-0.1, -0.05) is 0 Å². The Kier molecular flexibility index (Phi) is 4.39. The molecule has 3 aliphatic carbocycles. The number of hydrogen-bond donors (Lipinski definition) is 2. The van der Waals surface area contributed by atoms with Gasteiger partial charge in [-0.25, -0.2) is 8.42 Å². The summed E-state index contributed by atoms with van der Waals surface area (Å²) in [5, 5.41) is 7.47. The fraction of sp³-hybridized carbons (Fsp3) is 1.00. The van der Waals surface area contributed by atoms with Crippen LogP contribution in [0.5, 0.6) is 0 Å². The lowest BCUT2D eigenvalue weighted by Gasteiger charge is -2.68. The summed E-state index contributed by atoms with van der Waals surface area (Å²) >= 11 is 0. The quantitative estimate of drug-likeness (QED) is 0.743. The summed E-state index contributed by atoms with van der Waals surface area (Å²) in [5.41, 5.74) is 5.93. The van der Waals surface area contributed by atoms with Crippen molar-refractivity contribution in [2.45, 2.75) is 43.3 Å². The molecule has 0 saturated heterocycles. The van der Waals surface area contributed by atoms with Gasteiger partial charge in [-0.2, -0.15) is 26.3 Å². The van der Waals surface area contributed by atoms with Crippen LogP contribution in [0.3, 0.4) is 0 Å². The third-order valence-corrected chi connectivity index (χ3v) is 4.51. The van der Waals surface area contributed by atoms with Crippen molar-refractivity contribution in [3.05, 3.63) is 0 Å². The Morgan fingerprint density at radius 2 is 1.43 bits per heavy atom. The molecule has 0 unspecified atom stereocenters. The molecule has 21 heavy (non-hydrogen) atoms. The number of sulfone groups is 1. The summed E-state index contributed by atoms with van der Waals surface area (Å²) in [6.45, 7) is 0. The van der Waals surface area contributed by atoms with Crippen molar-refractivity contribution in [2.24, 2.45) is 11.1 Å². The maximum Gasteiger partial charge on any atom is 0.423 e. The van der Waals surface area contributed by atoms with Crippen LogP contribution in [-0.2, 0) is 9.84 Å². The van der Waals surface area contributed by atoms with Crippen molar-refractivity contribution >= 4 is 9.84 Å². The lowest BCUT2D eigenvalue weighted by atomic mass is 9.41. The van der Waals surface area contributed by atoms with Crippen molar-refractivity contribution in [1.82, 2.24) is 0 Å². The molecule has 0 spiro atoms. The molecule has 3 rings (SSSR count). The van der Waals surface area contributed by atoms with Gasteiger partial charge in [0.15, 0.2) is 0 Å². The Bertz CT molecular complexity index is 464. The zero-order chi connectivity index (χ0) is 16.9. The van der Waals surface area contributed by atoms with E-state index in [1.807, 2.05) is 0 Å².